The normalized spacial score (nSPS) is 13.9. The largest absolute Gasteiger partial charge is 0.386 e. The summed E-state index contributed by atoms with van der Waals surface area (Å²) in [6.45, 7) is 4.11. The molecule has 0 aliphatic carbocycles. The highest BCUT2D eigenvalue weighted by Gasteiger charge is 2.20. The van der Waals surface area contributed by atoms with Crippen molar-refractivity contribution in [3.63, 3.8) is 0 Å². The molecule has 1 N–H and O–H groups in total. The van der Waals surface area contributed by atoms with E-state index < -0.39 is 6.10 Å². The lowest BCUT2D eigenvalue weighted by atomic mass is 10.0. The molecule has 2 heteroatoms. The van der Waals surface area contributed by atoms with Crippen molar-refractivity contribution in [2.45, 2.75) is 26.0 Å². The minimum absolute atomic E-state index is 0.0186. The molecule has 0 unspecified atom stereocenters. The van der Waals surface area contributed by atoms with Crippen molar-refractivity contribution in [3.8, 4) is 0 Å². The molecule has 0 aliphatic heterocycles. The van der Waals surface area contributed by atoms with E-state index in [0.717, 1.165) is 11.3 Å². The Hall–Kier alpha value is -1.80. The smallest absolute Gasteiger partial charge is 0.0990 e. The van der Waals surface area contributed by atoms with E-state index in [1.54, 1.807) is 0 Å². The molecule has 2 rings (SSSR count). The number of nitrogens with zero attached hydrogens (tertiary/aromatic N) is 1. The highest BCUT2D eigenvalue weighted by Crippen LogP contribution is 2.24. The van der Waals surface area contributed by atoms with Gasteiger partial charge in [0, 0.05) is 12.7 Å². The SMILES string of the molecule is Cc1ccc(N(C)[C@H](C)[C@H](O)c2ccccc2)cc1. The Kier molecular flexibility index (Phi) is 4.23. The van der Waals surface area contributed by atoms with Gasteiger partial charge in [-0.1, -0.05) is 48.0 Å². The summed E-state index contributed by atoms with van der Waals surface area (Å²) in [5.74, 6) is 0. The molecule has 0 fully saturated rings. The average molecular weight is 255 g/mol. The van der Waals surface area contributed by atoms with Gasteiger partial charge in [-0.2, -0.15) is 0 Å². The minimum Gasteiger partial charge on any atom is -0.386 e. The number of rotatable bonds is 4. The molecule has 0 radical (unpaired) electrons. The molecule has 2 atom stereocenters. The van der Waals surface area contributed by atoms with Gasteiger partial charge in [0.15, 0.2) is 0 Å². The van der Waals surface area contributed by atoms with Crippen LogP contribution < -0.4 is 4.90 Å². The van der Waals surface area contributed by atoms with Crippen LogP contribution in [0.5, 0.6) is 0 Å². The van der Waals surface area contributed by atoms with E-state index >= 15 is 0 Å². The molecule has 0 aromatic heterocycles. The first-order valence-electron chi connectivity index (χ1n) is 6.62. The highest BCUT2D eigenvalue weighted by atomic mass is 16.3. The maximum atomic E-state index is 10.4. The molecule has 0 aliphatic rings. The summed E-state index contributed by atoms with van der Waals surface area (Å²) in [6.07, 6.45) is -0.493. The Balaban J connectivity index is 2.15. The van der Waals surface area contributed by atoms with E-state index in [4.69, 9.17) is 0 Å². The quantitative estimate of drug-likeness (QED) is 0.903. The molecule has 0 bridgehead atoms. The van der Waals surface area contributed by atoms with Crippen LogP contribution in [-0.4, -0.2) is 18.2 Å². The van der Waals surface area contributed by atoms with E-state index in [0.29, 0.717) is 0 Å². The van der Waals surface area contributed by atoms with Gasteiger partial charge in [-0.05, 0) is 31.5 Å². The van der Waals surface area contributed by atoms with E-state index in [9.17, 15) is 5.11 Å². The molecule has 2 nitrogen and oxygen atoms in total. The molecular weight excluding hydrogens is 234 g/mol. The van der Waals surface area contributed by atoms with Crippen LogP contribution in [0.2, 0.25) is 0 Å². The van der Waals surface area contributed by atoms with E-state index in [2.05, 4.69) is 36.1 Å². The summed E-state index contributed by atoms with van der Waals surface area (Å²) in [7, 11) is 2.02. The van der Waals surface area contributed by atoms with Gasteiger partial charge >= 0.3 is 0 Å². The lowest BCUT2D eigenvalue weighted by Crippen LogP contribution is -2.34. The number of hydrogen-bond acceptors (Lipinski definition) is 2. The van der Waals surface area contributed by atoms with Crippen LogP contribution in [0.25, 0.3) is 0 Å². The molecular formula is C17H21NO. The number of benzene rings is 2. The Morgan fingerprint density at radius 2 is 1.53 bits per heavy atom. The van der Waals surface area contributed by atoms with Crippen LogP contribution in [-0.2, 0) is 0 Å². The van der Waals surface area contributed by atoms with Crippen molar-refractivity contribution in [3.05, 3.63) is 65.7 Å². The van der Waals surface area contributed by atoms with Gasteiger partial charge in [-0.15, -0.1) is 0 Å². The van der Waals surface area contributed by atoms with Crippen LogP contribution in [0.3, 0.4) is 0 Å². The second kappa shape index (κ2) is 5.89. The van der Waals surface area contributed by atoms with Crippen molar-refractivity contribution >= 4 is 5.69 Å². The second-order valence-corrected chi connectivity index (χ2v) is 5.04. The van der Waals surface area contributed by atoms with Gasteiger partial charge < -0.3 is 10.0 Å². The maximum Gasteiger partial charge on any atom is 0.0990 e. The average Bonchev–Trinajstić information content (AvgIpc) is 2.46. The fraction of sp³-hybridized carbons (Fsp3) is 0.294. The molecule has 0 amide bonds. The van der Waals surface area contributed by atoms with Gasteiger partial charge in [0.05, 0.1) is 12.1 Å². The monoisotopic (exact) mass is 255 g/mol. The zero-order valence-electron chi connectivity index (χ0n) is 11.7. The summed E-state index contributed by atoms with van der Waals surface area (Å²) in [5.41, 5.74) is 3.32. The predicted octanol–water partition coefficient (Wildman–Crippen LogP) is 3.55. The molecule has 100 valence electrons. The van der Waals surface area contributed by atoms with Crippen molar-refractivity contribution in [1.82, 2.24) is 0 Å². The fourth-order valence-electron chi connectivity index (χ4n) is 2.16. The van der Waals surface area contributed by atoms with Gasteiger partial charge in [0.2, 0.25) is 0 Å². The lowest BCUT2D eigenvalue weighted by Gasteiger charge is -2.31. The van der Waals surface area contributed by atoms with Crippen molar-refractivity contribution < 1.29 is 5.11 Å². The van der Waals surface area contributed by atoms with Crippen LogP contribution in [0.4, 0.5) is 5.69 Å². The number of aliphatic hydroxyl groups excluding tert-OH is 1. The Labute approximate surface area is 115 Å². The third-order valence-electron chi connectivity index (χ3n) is 3.65. The van der Waals surface area contributed by atoms with Crippen LogP contribution in [0.1, 0.15) is 24.2 Å². The van der Waals surface area contributed by atoms with Crippen molar-refractivity contribution in [2.75, 3.05) is 11.9 Å². The van der Waals surface area contributed by atoms with Crippen LogP contribution >= 0.6 is 0 Å². The standard InChI is InChI=1S/C17H21NO/c1-13-9-11-16(12-10-13)18(3)14(2)17(19)15-7-5-4-6-8-15/h4-12,14,17,19H,1-3H3/t14-,17+/m1/s1. The molecule has 0 saturated heterocycles. The predicted molar refractivity (Wildman–Crippen MR) is 80.4 cm³/mol. The summed E-state index contributed by atoms with van der Waals surface area (Å²) in [4.78, 5) is 2.11. The lowest BCUT2D eigenvalue weighted by molar-refractivity contribution is 0.151. The van der Waals surface area contributed by atoms with Gasteiger partial charge in [0.25, 0.3) is 0 Å². The second-order valence-electron chi connectivity index (χ2n) is 5.04. The first-order chi connectivity index (χ1) is 9.09. The van der Waals surface area contributed by atoms with Gasteiger partial charge in [-0.25, -0.2) is 0 Å². The van der Waals surface area contributed by atoms with Gasteiger partial charge in [-0.3, -0.25) is 0 Å². The van der Waals surface area contributed by atoms with Crippen LogP contribution in [0, 0.1) is 6.92 Å². The number of aliphatic hydroxyl groups is 1. The summed E-state index contributed by atoms with van der Waals surface area (Å²) >= 11 is 0. The Bertz CT molecular complexity index is 507. The zero-order valence-corrected chi connectivity index (χ0v) is 11.7. The third-order valence-corrected chi connectivity index (χ3v) is 3.65. The topological polar surface area (TPSA) is 23.5 Å². The maximum absolute atomic E-state index is 10.4. The molecule has 2 aromatic rings. The Morgan fingerprint density at radius 3 is 2.11 bits per heavy atom. The number of likely N-dealkylation sites (N-methyl/N-ethyl adjacent to an activating group) is 1. The van der Waals surface area contributed by atoms with E-state index in [1.165, 1.54) is 5.56 Å². The fourth-order valence-corrected chi connectivity index (χ4v) is 2.16. The van der Waals surface area contributed by atoms with Crippen LogP contribution in [0.15, 0.2) is 54.6 Å². The molecule has 2 aromatic carbocycles. The number of aryl methyl sites for hydroxylation is 1. The highest BCUT2D eigenvalue weighted by molar-refractivity contribution is 5.48. The first kappa shape index (κ1) is 13.6. The van der Waals surface area contributed by atoms with E-state index in [-0.39, 0.29) is 6.04 Å². The minimum atomic E-state index is -0.493. The molecule has 19 heavy (non-hydrogen) atoms. The number of hydrogen-bond donors (Lipinski definition) is 1. The summed E-state index contributed by atoms with van der Waals surface area (Å²) in [6, 6.07) is 18.2. The summed E-state index contributed by atoms with van der Waals surface area (Å²) in [5, 5.41) is 10.4. The van der Waals surface area contributed by atoms with Gasteiger partial charge in [0.1, 0.15) is 0 Å². The van der Waals surface area contributed by atoms with E-state index in [1.807, 2.05) is 44.3 Å². The molecule has 0 saturated carbocycles. The van der Waals surface area contributed by atoms with Crippen molar-refractivity contribution in [1.29, 1.82) is 0 Å². The van der Waals surface area contributed by atoms with Crippen molar-refractivity contribution in [2.24, 2.45) is 0 Å². The Morgan fingerprint density at radius 1 is 0.947 bits per heavy atom. The first-order valence-corrected chi connectivity index (χ1v) is 6.62. The zero-order chi connectivity index (χ0) is 13.8. The summed E-state index contributed by atoms with van der Waals surface area (Å²) < 4.78 is 0. The molecule has 0 heterocycles. The molecule has 0 spiro atoms. The third kappa shape index (κ3) is 3.15. The number of anilines is 1.